The Morgan fingerprint density at radius 2 is 2.20 bits per heavy atom. The van der Waals surface area contributed by atoms with Gasteiger partial charge in [0.05, 0.1) is 6.04 Å². The zero-order chi connectivity index (χ0) is 7.82. The molecule has 60 valence electrons. The van der Waals surface area contributed by atoms with Gasteiger partial charge >= 0.3 is 0 Å². The quantitative estimate of drug-likeness (QED) is 0.584. The standard InChI is InChI=1S/C7H17N3/c1-3-7(10-9-2)5-4-6-8/h7H,3-6,8H2,1-2H3/t7-/m1/s1. The number of azo groups is 1. The van der Waals surface area contributed by atoms with Gasteiger partial charge in [0.15, 0.2) is 0 Å². The summed E-state index contributed by atoms with van der Waals surface area (Å²) in [5.74, 6) is 0. The number of hydrogen-bond donors (Lipinski definition) is 1. The van der Waals surface area contributed by atoms with Crippen molar-refractivity contribution < 1.29 is 0 Å². The van der Waals surface area contributed by atoms with Crippen LogP contribution in [0.4, 0.5) is 0 Å². The lowest BCUT2D eigenvalue weighted by molar-refractivity contribution is 0.552. The Bertz CT molecular complexity index is 90.9. The van der Waals surface area contributed by atoms with E-state index in [0.29, 0.717) is 6.04 Å². The van der Waals surface area contributed by atoms with Crippen molar-refractivity contribution in [3.8, 4) is 0 Å². The van der Waals surface area contributed by atoms with Gasteiger partial charge in [-0.2, -0.15) is 10.2 Å². The Morgan fingerprint density at radius 1 is 1.50 bits per heavy atom. The van der Waals surface area contributed by atoms with E-state index < -0.39 is 0 Å². The van der Waals surface area contributed by atoms with E-state index in [0.717, 1.165) is 25.8 Å². The van der Waals surface area contributed by atoms with Crippen molar-refractivity contribution in [1.82, 2.24) is 0 Å². The second-order valence-electron chi connectivity index (χ2n) is 2.31. The van der Waals surface area contributed by atoms with Crippen LogP contribution in [0.1, 0.15) is 26.2 Å². The van der Waals surface area contributed by atoms with Crippen molar-refractivity contribution in [2.75, 3.05) is 13.6 Å². The summed E-state index contributed by atoms with van der Waals surface area (Å²) >= 11 is 0. The lowest BCUT2D eigenvalue weighted by Gasteiger charge is -2.05. The highest BCUT2D eigenvalue weighted by molar-refractivity contribution is 4.61. The Balaban J connectivity index is 3.39. The maximum atomic E-state index is 5.36. The van der Waals surface area contributed by atoms with Crippen molar-refractivity contribution in [1.29, 1.82) is 0 Å². The van der Waals surface area contributed by atoms with Crippen molar-refractivity contribution in [2.24, 2.45) is 16.0 Å². The average molecular weight is 143 g/mol. The molecule has 0 fully saturated rings. The second kappa shape index (κ2) is 6.68. The maximum absolute atomic E-state index is 5.36. The Morgan fingerprint density at radius 3 is 2.60 bits per heavy atom. The molecule has 3 nitrogen and oxygen atoms in total. The predicted octanol–water partition coefficient (Wildman–Crippen LogP) is 1.59. The maximum Gasteiger partial charge on any atom is 0.0706 e. The largest absolute Gasteiger partial charge is 0.330 e. The van der Waals surface area contributed by atoms with Gasteiger partial charge < -0.3 is 5.73 Å². The summed E-state index contributed by atoms with van der Waals surface area (Å²) in [5.41, 5.74) is 5.36. The van der Waals surface area contributed by atoms with E-state index in [2.05, 4.69) is 17.2 Å². The minimum Gasteiger partial charge on any atom is -0.330 e. The van der Waals surface area contributed by atoms with Crippen LogP contribution < -0.4 is 5.73 Å². The molecule has 2 N–H and O–H groups in total. The Labute approximate surface area is 62.7 Å². The second-order valence-corrected chi connectivity index (χ2v) is 2.31. The van der Waals surface area contributed by atoms with Gasteiger partial charge in [-0.1, -0.05) is 6.92 Å². The molecule has 3 heteroatoms. The van der Waals surface area contributed by atoms with Gasteiger partial charge in [-0.3, -0.25) is 0 Å². The molecule has 0 heterocycles. The third-order valence-electron chi connectivity index (χ3n) is 1.49. The predicted molar refractivity (Wildman–Crippen MR) is 43.1 cm³/mol. The normalized spacial score (nSPS) is 14.3. The van der Waals surface area contributed by atoms with E-state index in [1.165, 1.54) is 0 Å². The first-order chi connectivity index (χ1) is 4.85. The first-order valence-corrected chi connectivity index (χ1v) is 3.84. The summed E-state index contributed by atoms with van der Waals surface area (Å²) in [7, 11) is 1.71. The molecule has 0 aromatic rings. The van der Waals surface area contributed by atoms with Crippen LogP contribution in [0.3, 0.4) is 0 Å². The van der Waals surface area contributed by atoms with Crippen molar-refractivity contribution in [3.05, 3.63) is 0 Å². The number of nitrogens with zero attached hydrogens (tertiary/aromatic N) is 2. The fourth-order valence-corrected chi connectivity index (χ4v) is 0.860. The molecule has 10 heavy (non-hydrogen) atoms. The van der Waals surface area contributed by atoms with Crippen LogP contribution >= 0.6 is 0 Å². The third-order valence-corrected chi connectivity index (χ3v) is 1.49. The Kier molecular flexibility index (Phi) is 6.38. The molecule has 0 saturated heterocycles. The zero-order valence-corrected chi connectivity index (χ0v) is 6.88. The van der Waals surface area contributed by atoms with Crippen LogP contribution in [0.15, 0.2) is 10.2 Å². The highest BCUT2D eigenvalue weighted by Crippen LogP contribution is 2.05. The van der Waals surface area contributed by atoms with Crippen molar-refractivity contribution in [2.45, 2.75) is 32.2 Å². The van der Waals surface area contributed by atoms with E-state index in [4.69, 9.17) is 5.73 Å². The minimum atomic E-state index is 0.397. The van der Waals surface area contributed by atoms with Crippen LogP contribution in [0.5, 0.6) is 0 Å². The average Bonchev–Trinajstić information content (AvgIpc) is 1.98. The molecule has 0 aliphatic carbocycles. The summed E-state index contributed by atoms with van der Waals surface area (Å²) in [6.45, 7) is 2.88. The molecule has 0 radical (unpaired) electrons. The van der Waals surface area contributed by atoms with Crippen LogP contribution in [0.25, 0.3) is 0 Å². The fourth-order valence-electron chi connectivity index (χ4n) is 0.860. The molecular weight excluding hydrogens is 126 g/mol. The number of rotatable bonds is 5. The monoisotopic (exact) mass is 143 g/mol. The zero-order valence-electron chi connectivity index (χ0n) is 6.88. The van der Waals surface area contributed by atoms with Gasteiger partial charge in [0.2, 0.25) is 0 Å². The highest BCUT2D eigenvalue weighted by atomic mass is 15.1. The van der Waals surface area contributed by atoms with E-state index >= 15 is 0 Å². The molecule has 0 aromatic carbocycles. The van der Waals surface area contributed by atoms with Gasteiger partial charge in [-0.15, -0.1) is 0 Å². The molecule has 0 amide bonds. The molecule has 0 unspecified atom stereocenters. The molecule has 0 spiro atoms. The first-order valence-electron chi connectivity index (χ1n) is 3.84. The first kappa shape index (κ1) is 9.56. The molecule has 0 aliphatic heterocycles. The topological polar surface area (TPSA) is 50.7 Å². The molecule has 0 aliphatic rings. The smallest absolute Gasteiger partial charge is 0.0706 e. The van der Waals surface area contributed by atoms with E-state index in [-0.39, 0.29) is 0 Å². The van der Waals surface area contributed by atoms with E-state index in [9.17, 15) is 0 Å². The summed E-state index contributed by atoms with van der Waals surface area (Å²) in [6.07, 6.45) is 3.19. The molecule has 0 aromatic heterocycles. The molecule has 0 bridgehead atoms. The number of hydrogen-bond acceptors (Lipinski definition) is 3. The van der Waals surface area contributed by atoms with Crippen LogP contribution in [0, 0.1) is 0 Å². The summed E-state index contributed by atoms with van der Waals surface area (Å²) in [6, 6.07) is 0.397. The van der Waals surface area contributed by atoms with Crippen LogP contribution in [-0.4, -0.2) is 19.6 Å². The molecular formula is C7H17N3. The van der Waals surface area contributed by atoms with Crippen molar-refractivity contribution in [3.63, 3.8) is 0 Å². The van der Waals surface area contributed by atoms with Gasteiger partial charge in [0.1, 0.15) is 0 Å². The summed E-state index contributed by atoms with van der Waals surface area (Å²) in [4.78, 5) is 0. The highest BCUT2D eigenvalue weighted by Gasteiger charge is 2.01. The van der Waals surface area contributed by atoms with Gasteiger partial charge in [0, 0.05) is 7.05 Å². The van der Waals surface area contributed by atoms with E-state index in [1.54, 1.807) is 7.05 Å². The van der Waals surface area contributed by atoms with E-state index in [1.807, 2.05) is 0 Å². The molecule has 1 atom stereocenters. The fraction of sp³-hybridized carbons (Fsp3) is 1.00. The van der Waals surface area contributed by atoms with Crippen LogP contribution in [-0.2, 0) is 0 Å². The van der Waals surface area contributed by atoms with Crippen molar-refractivity contribution >= 4 is 0 Å². The van der Waals surface area contributed by atoms with Gasteiger partial charge in [-0.05, 0) is 25.8 Å². The SMILES string of the molecule is CC[C@H](CCCN)N=NC. The Hall–Kier alpha value is -0.440. The third kappa shape index (κ3) is 4.44. The lowest BCUT2D eigenvalue weighted by Crippen LogP contribution is -2.06. The molecule has 0 saturated carbocycles. The summed E-state index contributed by atoms with van der Waals surface area (Å²) < 4.78 is 0. The lowest BCUT2D eigenvalue weighted by atomic mass is 10.1. The van der Waals surface area contributed by atoms with Gasteiger partial charge in [-0.25, -0.2) is 0 Å². The summed E-state index contributed by atoms with van der Waals surface area (Å²) in [5, 5.41) is 7.79. The minimum absolute atomic E-state index is 0.397. The van der Waals surface area contributed by atoms with Gasteiger partial charge in [0.25, 0.3) is 0 Å². The van der Waals surface area contributed by atoms with Crippen LogP contribution in [0.2, 0.25) is 0 Å². The number of nitrogens with two attached hydrogens (primary N) is 1. The molecule has 0 rings (SSSR count).